The standard InChI is InChI=1S/C13H15N3O3/c1-9-13(19)15-11(17)8-16(9)12(18)6-5-10-4-2-3-7-14-10/h2-4,7,9H,5-6,8H2,1H3,(H,15,17,19). The first-order valence-corrected chi connectivity index (χ1v) is 6.11. The molecule has 1 aliphatic heterocycles. The van der Waals surface area contributed by atoms with Gasteiger partial charge in [0.2, 0.25) is 17.7 Å². The molecule has 1 aliphatic rings. The van der Waals surface area contributed by atoms with Crippen LogP contribution in [-0.4, -0.2) is 40.2 Å². The number of pyridine rings is 1. The van der Waals surface area contributed by atoms with Gasteiger partial charge in [0, 0.05) is 18.3 Å². The molecule has 19 heavy (non-hydrogen) atoms. The van der Waals surface area contributed by atoms with Gasteiger partial charge in [-0.25, -0.2) is 0 Å². The Hall–Kier alpha value is -2.24. The molecule has 1 aromatic rings. The van der Waals surface area contributed by atoms with E-state index >= 15 is 0 Å². The zero-order chi connectivity index (χ0) is 13.8. The van der Waals surface area contributed by atoms with Gasteiger partial charge in [-0.2, -0.15) is 0 Å². The molecule has 0 aliphatic carbocycles. The second kappa shape index (κ2) is 5.60. The van der Waals surface area contributed by atoms with E-state index in [0.29, 0.717) is 6.42 Å². The fourth-order valence-electron chi connectivity index (χ4n) is 1.94. The van der Waals surface area contributed by atoms with Gasteiger partial charge in [0.15, 0.2) is 0 Å². The fraction of sp³-hybridized carbons (Fsp3) is 0.385. The molecular weight excluding hydrogens is 246 g/mol. The fourth-order valence-corrected chi connectivity index (χ4v) is 1.94. The summed E-state index contributed by atoms with van der Waals surface area (Å²) >= 11 is 0. The number of carbonyl (C=O) groups excluding carboxylic acids is 3. The lowest BCUT2D eigenvalue weighted by molar-refractivity contribution is -0.149. The summed E-state index contributed by atoms with van der Waals surface area (Å²) in [5.41, 5.74) is 0.816. The van der Waals surface area contributed by atoms with Gasteiger partial charge in [-0.3, -0.25) is 24.7 Å². The van der Waals surface area contributed by atoms with E-state index < -0.39 is 17.9 Å². The number of hydrogen-bond donors (Lipinski definition) is 1. The van der Waals surface area contributed by atoms with Crippen LogP contribution in [0.3, 0.4) is 0 Å². The molecule has 6 nitrogen and oxygen atoms in total. The van der Waals surface area contributed by atoms with Crippen molar-refractivity contribution in [3.05, 3.63) is 30.1 Å². The monoisotopic (exact) mass is 261 g/mol. The minimum Gasteiger partial charge on any atom is -0.322 e. The van der Waals surface area contributed by atoms with Gasteiger partial charge in [-0.15, -0.1) is 0 Å². The number of rotatable bonds is 3. The molecule has 1 atom stereocenters. The normalized spacial score (nSPS) is 19.2. The van der Waals surface area contributed by atoms with E-state index in [-0.39, 0.29) is 18.9 Å². The number of aromatic nitrogens is 1. The van der Waals surface area contributed by atoms with Crippen LogP contribution >= 0.6 is 0 Å². The molecule has 1 unspecified atom stereocenters. The van der Waals surface area contributed by atoms with Crippen molar-refractivity contribution in [2.45, 2.75) is 25.8 Å². The second-order valence-electron chi connectivity index (χ2n) is 4.43. The lowest BCUT2D eigenvalue weighted by atomic mass is 10.1. The molecule has 100 valence electrons. The Morgan fingerprint density at radius 1 is 1.47 bits per heavy atom. The first kappa shape index (κ1) is 13.2. The molecule has 0 spiro atoms. The third-order valence-electron chi connectivity index (χ3n) is 3.07. The van der Waals surface area contributed by atoms with Crippen LogP contribution < -0.4 is 5.32 Å². The van der Waals surface area contributed by atoms with E-state index in [1.807, 2.05) is 12.1 Å². The SMILES string of the molecule is CC1C(=O)NC(=O)CN1C(=O)CCc1ccccn1. The zero-order valence-corrected chi connectivity index (χ0v) is 10.6. The summed E-state index contributed by atoms with van der Waals surface area (Å²) in [6.07, 6.45) is 2.40. The lowest BCUT2D eigenvalue weighted by Crippen LogP contribution is -2.58. The smallest absolute Gasteiger partial charge is 0.249 e. The van der Waals surface area contributed by atoms with Gasteiger partial charge in [0.05, 0.1) is 0 Å². The third-order valence-corrected chi connectivity index (χ3v) is 3.07. The zero-order valence-electron chi connectivity index (χ0n) is 10.6. The van der Waals surface area contributed by atoms with Crippen molar-refractivity contribution < 1.29 is 14.4 Å². The summed E-state index contributed by atoms with van der Waals surface area (Å²) in [6.45, 7) is 1.55. The number of imide groups is 1. The number of carbonyl (C=O) groups is 3. The minimum atomic E-state index is -0.603. The molecule has 2 heterocycles. The van der Waals surface area contributed by atoms with Crippen LogP contribution in [0.1, 0.15) is 19.0 Å². The molecule has 0 aromatic carbocycles. The summed E-state index contributed by atoms with van der Waals surface area (Å²) in [5, 5.41) is 2.20. The quantitative estimate of drug-likeness (QED) is 0.770. The van der Waals surface area contributed by atoms with Crippen molar-refractivity contribution in [1.29, 1.82) is 0 Å². The molecule has 2 rings (SSSR count). The summed E-state index contributed by atoms with van der Waals surface area (Å²) in [4.78, 5) is 40.2. The molecule has 1 N–H and O–H groups in total. The molecule has 1 fully saturated rings. The number of piperazine rings is 1. The highest BCUT2D eigenvalue weighted by molar-refractivity contribution is 6.04. The van der Waals surface area contributed by atoms with Gasteiger partial charge in [-0.05, 0) is 25.5 Å². The second-order valence-corrected chi connectivity index (χ2v) is 4.43. The van der Waals surface area contributed by atoms with Crippen LogP contribution in [0.25, 0.3) is 0 Å². The Bertz CT molecular complexity index is 501. The predicted octanol–water partition coefficient (Wildman–Crippen LogP) is -0.112. The van der Waals surface area contributed by atoms with Crippen molar-refractivity contribution in [2.75, 3.05) is 6.54 Å². The van der Waals surface area contributed by atoms with Crippen molar-refractivity contribution in [1.82, 2.24) is 15.2 Å². The Morgan fingerprint density at radius 2 is 2.26 bits per heavy atom. The Balaban J connectivity index is 1.95. The maximum absolute atomic E-state index is 12.0. The lowest BCUT2D eigenvalue weighted by Gasteiger charge is -2.31. The molecule has 0 radical (unpaired) electrons. The van der Waals surface area contributed by atoms with E-state index in [1.165, 1.54) is 4.90 Å². The van der Waals surface area contributed by atoms with Crippen LogP contribution in [0.5, 0.6) is 0 Å². The van der Waals surface area contributed by atoms with E-state index in [2.05, 4.69) is 10.3 Å². The third kappa shape index (κ3) is 3.15. The Morgan fingerprint density at radius 3 is 2.95 bits per heavy atom. The van der Waals surface area contributed by atoms with Gasteiger partial charge in [0.1, 0.15) is 12.6 Å². The van der Waals surface area contributed by atoms with E-state index in [4.69, 9.17) is 0 Å². The molecule has 0 bridgehead atoms. The van der Waals surface area contributed by atoms with Crippen molar-refractivity contribution in [3.63, 3.8) is 0 Å². The maximum atomic E-state index is 12.0. The predicted molar refractivity (Wildman–Crippen MR) is 66.9 cm³/mol. The van der Waals surface area contributed by atoms with Crippen molar-refractivity contribution >= 4 is 17.7 Å². The number of amides is 3. The molecular formula is C13H15N3O3. The molecule has 6 heteroatoms. The minimum absolute atomic E-state index is 0.0615. The highest BCUT2D eigenvalue weighted by Gasteiger charge is 2.32. The number of aryl methyl sites for hydroxylation is 1. The van der Waals surface area contributed by atoms with Gasteiger partial charge in [0.25, 0.3) is 0 Å². The first-order chi connectivity index (χ1) is 9.08. The van der Waals surface area contributed by atoms with E-state index in [0.717, 1.165) is 5.69 Å². The number of nitrogens with one attached hydrogen (secondary N) is 1. The average molecular weight is 261 g/mol. The number of nitrogens with zero attached hydrogens (tertiary/aromatic N) is 2. The maximum Gasteiger partial charge on any atom is 0.249 e. The number of hydrogen-bond acceptors (Lipinski definition) is 4. The largest absolute Gasteiger partial charge is 0.322 e. The van der Waals surface area contributed by atoms with Crippen molar-refractivity contribution in [2.24, 2.45) is 0 Å². The van der Waals surface area contributed by atoms with Gasteiger partial charge >= 0.3 is 0 Å². The highest BCUT2D eigenvalue weighted by atomic mass is 16.2. The Labute approximate surface area is 110 Å². The summed E-state index contributed by atoms with van der Waals surface area (Å²) < 4.78 is 0. The molecule has 1 saturated heterocycles. The van der Waals surface area contributed by atoms with E-state index in [9.17, 15) is 14.4 Å². The van der Waals surface area contributed by atoms with Gasteiger partial charge in [-0.1, -0.05) is 6.07 Å². The summed E-state index contributed by atoms with van der Waals surface area (Å²) in [6, 6.07) is 4.90. The molecule has 1 aromatic heterocycles. The van der Waals surface area contributed by atoms with Gasteiger partial charge < -0.3 is 4.90 Å². The average Bonchev–Trinajstić information content (AvgIpc) is 2.41. The highest BCUT2D eigenvalue weighted by Crippen LogP contribution is 2.09. The Kier molecular flexibility index (Phi) is 3.89. The summed E-state index contributed by atoms with van der Waals surface area (Å²) in [7, 11) is 0. The van der Waals surface area contributed by atoms with Crippen LogP contribution in [0.15, 0.2) is 24.4 Å². The topological polar surface area (TPSA) is 79.4 Å². The van der Waals surface area contributed by atoms with E-state index in [1.54, 1.807) is 19.2 Å². The molecule has 3 amide bonds. The summed E-state index contributed by atoms with van der Waals surface area (Å²) in [5.74, 6) is -1.07. The van der Waals surface area contributed by atoms with Crippen LogP contribution in [0.2, 0.25) is 0 Å². The van der Waals surface area contributed by atoms with Crippen LogP contribution in [0, 0.1) is 0 Å². The van der Waals surface area contributed by atoms with Crippen LogP contribution in [0.4, 0.5) is 0 Å². The first-order valence-electron chi connectivity index (χ1n) is 6.11. The molecule has 0 saturated carbocycles. The van der Waals surface area contributed by atoms with Crippen molar-refractivity contribution in [3.8, 4) is 0 Å². The van der Waals surface area contributed by atoms with Crippen LogP contribution in [-0.2, 0) is 20.8 Å².